The minimum absolute atomic E-state index is 0.0793. The highest BCUT2D eigenvalue weighted by atomic mass is 32.1. The zero-order valence-electron chi connectivity index (χ0n) is 17.6. The Morgan fingerprint density at radius 3 is 2.50 bits per heavy atom. The molecule has 2 aromatic rings. The Hall–Kier alpha value is -1.54. The number of carbonyl (C=O) groups excluding carboxylic acids is 1. The van der Waals surface area contributed by atoms with Crippen molar-refractivity contribution in [3.63, 3.8) is 0 Å². The van der Waals surface area contributed by atoms with E-state index in [1.54, 1.807) is 6.92 Å². The summed E-state index contributed by atoms with van der Waals surface area (Å²) in [6, 6.07) is 9.76. The first-order chi connectivity index (χ1) is 13.9. The number of phosphoric acid groups is 1. The van der Waals surface area contributed by atoms with Crippen molar-refractivity contribution in [2.75, 3.05) is 13.2 Å². The predicted octanol–water partition coefficient (Wildman–Crippen LogP) is 4.17. The van der Waals surface area contributed by atoms with E-state index in [-0.39, 0.29) is 12.4 Å². The molecule has 0 aliphatic rings. The number of hydrogen-bond acceptors (Lipinski definition) is 6. The summed E-state index contributed by atoms with van der Waals surface area (Å²) < 4.78 is 21.1. The van der Waals surface area contributed by atoms with Crippen LogP contribution in [0.3, 0.4) is 0 Å². The van der Waals surface area contributed by atoms with Crippen LogP contribution in [0.2, 0.25) is 0 Å². The summed E-state index contributed by atoms with van der Waals surface area (Å²) in [6.07, 6.45) is 2.13. The lowest BCUT2D eigenvalue weighted by atomic mass is 9.98. The molecule has 0 aliphatic carbocycles. The highest BCUT2D eigenvalue weighted by Gasteiger charge is 2.24. The van der Waals surface area contributed by atoms with Gasteiger partial charge in [-0.2, -0.15) is 0 Å². The summed E-state index contributed by atoms with van der Waals surface area (Å²) in [5.41, 5.74) is 7.46. The highest BCUT2D eigenvalue weighted by Crippen LogP contribution is 2.37. The van der Waals surface area contributed by atoms with Gasteiger partial charge in [-0.1, -0.05) is 6.07 Å². The molecule has 1 aromatic carbocycles. The largest absolute Gasteiger partial charge is 0.494 e. The number of thiophene rings is 1. The van der Waals surface area contributed by atoms with E-state index in [2.05, 4.69) is 10.6 Å². The van der Waals surface area contributed by atoms with Gasteiger partial charge in [0, 0.05) is 16.8 Å². The van der Waals surface area contributed by atoms with Crippen molar-refractivity contribution in [1.82, 2.24) is 0 Å². The Morgan fingerprint density at radius 2 is 1.87 bits per heavy atom. The summed E-state index contributed by atoms with van der Waals surface area (Å²) >= 11 is 1.42. The summed E-state index contributed by atoms with van der Waals surface area (Å²) in [7, 11) is -4.54. The summed E-state index contributed by atoms with van der Waals surface area (Å²) in [6.45, 7) is 5.97. The molecule has 0 bridgehead atoms. The fourth-order valence-electron chi connectivity index (χ4n) is 2.94. The molecule has 0 aliphatic heterocycles. The van der Waals surface area contributed by atoms with Crippen molar-refractivity contribution in [2.24, 2.45) is 5.73 Å². The second-order valence-corrected chi connectivity index (χ2v) is 10.3. The Kier molecular flexibility index (Phi) is 8.79. The summed E-state index contributed by atoms with van der Waals surface area (Å²) in [4.78, 5) is 31.7. The van der Waals surface area contributed by atoms with Crippen LogP contribution in [0.15, 0.2) is 30.3 Å². The maximum atomic E-state index is 12.4. The van der Waals surface area contributed by atoms with Crippen LogP contribution < -0.4 is 10.5 Å². The number of hydrogen-bond donors (Lipinski definition) is 3. The number of nitrogens with two attached hydrogens (primary N) is 1. The van der Waals surface area contributed by atoms with Crippen molar-refractivity contribution in [3.8, 4) is 5.75 Å². The minimum Gasteiger partial charge on any atom is -0.494 e. The normalized spacial score (nSPS) is 13.8. The molecular weight excluding hydrogens is 425 g/mol. The molecule has 0 amide bonds. The second-order valence-electron chi connectivity index (χ2n) is 7.88. The van der Waals surface area contributed by atoms with Gasteiger partial charge in [-0.25, -0.2) is 4.57 Å². The molecule has 9 heteroatoms. The van der Waals surface area contributed by atoms with E-state index < -0.39 is 13.4 Å². The minimum atomic E-state index is -4.54. The van der Waals surface area contributed by atoms with E-state index in [4.69, 9.17) is 20.3 Å². The van der Waals surface area contributed by atoms with Crippen LogP contribution in [-0.4, -0.2) is 34.3 Å². The Bertz CT molecular complexity index is 884. The molecule has 0 spiro atoms. The van der Waals surface area contributed by atoms with Crippen LogP contribution in [0.5, 0.6) is 5.75 Å². The van der Waals surface area contributed by atoms with Crippen LogP contribution in [0.25, 0.3) is 0 Å². The molecule has 1 heterocycles. The molecule has 166 valence electrons. The first-order valence-electron chi connectivity index (χ1n) is 9.75. The number of benzene rings is 1. The van der Waals surface area contributed by atoms with Crippen LogP contribution in [0.1, 0.15) is 51.9 Å². The second kappa shape index (κ2) is 10.7. The van der Waals surface area contributed by atoms with Gasteiger partial charge in [0.15, 0.2) is 5.78 Å². The molecule has 30 heavy (non-hydrogen) atoms. The van der Waals surface area contributed by atoms with Crippen molar-refractivity contribution in [1.29, 1.82) is 0 Å². The third kappa shape index (κ3) is 9.08. The van der Waals surface area contributed by atoms with Gasteiger partial charge < -0.3 is 20.3 Å². The average Bonchev–Trinajstić information content (AvgIpc) is 3.10. The number of rotatable bonds is 12. The molecule has 1 atom stereocenters. The van der Waals surface area contributed by atoms with Gasteiger partial charge in [0.05, 0.1) is 18.1 Å². The zero-order valence-corrected chi connectivity index (χ0v) is 19.3. The lowest BCUT2D eigenvalue weighted by Crippen LogP contribution is -2.41. The van der Waals surface area contributed by atoms with Crippen LogP contribution in [0, 0.1) is 13.8 Å². The topological polar surface area (TPSA) is 119 Å². The quantitative estimate of drug-likeness (QED) is 0.250. The SMILES string of the molecule is Cc1cc(C)cc(OCCCC(=O)c2ccc(CCC(C)(N)COP(=O)(O)O)s2)c1. The Balaban J connectivity index is 1.75. The molecule has 0 saturated carbocycles. The molecule has 7 nitrogen and oxygen atoms in total. The summed E-state index contributed by atoms with van der Waals surface area (Å²) in [5.74, 6) is 0.904. The standard InChI is InChI=1S/C21H30NO6PS/c1-15-11-16(2)13-17(12-15)27-10-4-5-19(23)20-7-6-18(30-20)8-9-21(3,22)14-28-29(24,25)26/h6-7,11-13H,4-5,8-10,14,22H2,1-3H3,(H2,24,25,26). The van der Waals surface area contributed by atoms with Gasteiger partial charge in [0.2, 0.25) is 0 Å². The highest BCUT2D eigenvalue weighted by molar-refractivity contribution is 7.46. The number of ether oxygens (including phenoxy) is 1. The summed E-state index contributed by atoms with van der Waals surface area (Å²) in [5, 5.41) is 0. The van der Waals surface area contributed by atoms with Crippen LogP contribution >= 0.6 is 19.2 Å². The van der Waals surface area contributed by atoms with E-state index in [1.807, 2.05) is 38.1 Å². The van der Waals surface area contributed by atoms with Crippen LogP contribution in [-0.2, 0) is 15.5 Å². The number of phosphoric ester groups is 1. The number of ketones is 1. The third-order valence-electron chi connectivity index (χ3n) is 4.45. The van der Waals surface area contributed by atoms with E-state index in [0.717, 1.165) is 21.8 Å². The van der Waals surface area contributed by atoms with E-state index in [9.17, 15) is 9.36 Å². The van der Waals surface area contributed by atoms with Crippen molar-refractivity contribution < 1.29 is 28.4 Å². The first-order valence-corrected chi connectivity index (χ1v) is 12.1. The van der Waals surface area contributed by atoms with E-state index >= 15 is 0 Å². The molecule has 1 unspecified atom stereocenters. The molecule has 1 aromatic heterocycles. The smallest absolute Gasteiger partial charge is 0.469 e. The predicted molar refractivity (Wildman–Crippen MR) is 118 cm³/mol. The van der Waals surface area contributed by atoms with Gasteiger partial charge in [-0.05, 0) is 75.4 Å². The Morgan fingerprint density at radius 1 is 1.20 bits per heavy atom. The van der Waals surface area contributed by atoms with Gasteiger partial charge in [-0.15, -0.1) is 11.3 Å². The van der Waals surface area contributed by atoms with Crippen LogP contribution in [0.4, 0.5) is 0 Å². The van der Waals surface area contributed by atoms with Crippen molar-refractivity contribution in [3.05, 3.63) is 51.2 Å². The van der Waals surface area contributed by atoms with Gasteiger partial charge in [-0.3, -0.25) is 9.32 Å². The van der Waals surface area contributed by atoms with Gasteiger partial charge >= 0.3 is 7.82 Å². The van der Waals surface area contributed by atoms with Crippen molar-refractivity contribution in [2.45, 2.75) is 52.0 Å². The molecule has 0 saturated heterocycles. The maximum absolute atomic E-state index is 12.4. The first kappa shape index (κ1) is 24.7. The monoisotopic (exact) mass is 455 g/mol. The number of Topliss-reactive ketones (excluding diaryl/α,β-unsaturated/α-hetero) is 1. The van der Waals surface area contributed by atoms with E-state index in [1.165, 1.54) is 11.3 Å². The Labute approximate surface area is 181 Å². The lowest BCUT2D eigenvalue weighted by Gasteiger charge is -2.24. The number of carbonyl (C=O) groups is 1. The average molecular weight is 456 g/mol. The number of aryl methyl sites for hydroxylation is 3. The van der Waals surface area contributed by atoms with Gasteiger partial charge in [0.25, 0.3) is 0 Å². The van der Waals surface area contributed by atoms with Crippen molar-refractivity contribution >= 4 is 24.9 Å². The van der Waals surface area contributed by atoms with E-state index in [0.29, 0.717) is 37.2 Å². The zero-order chi connectivity index (χ0) is 22.4. The fraction of sp³-hybridized carbons (Fsp3) is 0.476. The molecular formula is C21H30NO6PS. The molecule has 2 rings (SSSR count). The molecule has 0 radical (unpaired) electrons. The fourth-order valence-corrected chi connectivity index (χ4v) is 4.37. The lowest BCUT2D eigenvalue weighted by molar-refractivity contribution is 0.0977. The molecule has 4 N–H and O–H groups in total. The molecule has 0 fully saturated rings. The maximum Gasteiger partial charge on any atom is 0.469 e. The van der Waals surface area contributed by atoms with Gasteiger partial charge in [0.1, 0.15) is 5.75 Å². The third-order valence-corrected chi connectivity index (χ3v) is 6.11.